The highest BCUT2D eigenvalue weighted by atomic mass is 16.6. The number of anilines is 1. The minimum atomic E-state index is -0.402. The van der Waals surface area contributed by atoms with E-state index in [1.54, 1.807) is 6.92 Å². The Labute approximate surface area is 100 Å². The summed E-state index contributed by atoms with van der Waals surface area (Å²) < 4.78 is 0. The summed E-state index contributed by atoms with van der Waals surface area (Å²) in [4.78, 5) is 14.4. The highest BCUT2D eigenvalue weighted by Gasteiger charge is 2.11. The van der Waals surface area contributed by atoms with Crippen molar-refractivity contribution in [2.24, 2.45) is 0 Å². The van der Waals surface area contributed by atoms with E-state index in [-0.39, 0.29) is 5.69 Å². The van der Waals surface area contributed by atoms with Crippen LogP contribution in [0.3, 0.4) is 0 Å². The van der Waals surface area contributed by atoms with Gasteiger partial charge in [0.05, 0.1) is 11.0 Å². The lowest BCUT2D eigenvalue weighted by molar-refractivity contribution is -0.385. The maximum Gasteiger partial charge on any atom is 0.277 e. The molecular weight excluding hydrogens is 218 g/mol. The predicted molar refractivity (Wildman–Crippen MR) is 66.8 cm³/mol. The van der Waals surface area contributed by atoms with E-state index in [0.29, 0.717) is 11.4 Å². The number of rotatable bonds is 6. The van der Waals surface area contributed by atoms with Crippen LogP contribution in [0.1, 0.15) is 24.8 Å². The van der Waals surface area contributed by atoms with Crippen molar-refractivity contribution in [3.8, 4) is 12.3 Å². The van der Waals surface area contributed by atoms with E-state index in [1.165, 1.54) is 12.3 Å². The molecule has 0 aliphatic heterocycles. The van der Waals surface area contributed by atoms with Crippen LogP contribution in [0, 0.1) is 29.4 Å². The van der Waals surface area contributed by atoms with Gasteiger partial charge in [-0.3, -0.25) is 10.1 Å². The lowest BCUT2D eigenvalue weighted by Gasteiger charge is -2.05. The second-order valence-corrected chi connectivity index (χ2v) is 3.70. The van der Waals surface area contributed by atoms with Crippen molar-refractivity contribution in [3.63, 3.8) is 0 Å². The standard InChI is InChI=1S/C12H15N3O2/c1-3-4-5-6-7-13-12-8-11(15(16)17)10(2)9-14-12/h1,8-9H,4-7H2,2H3,(H,13,14). The molecule has 0 amide bonds. The van der Waals surface area contributed by atoms with E-state index in [0.717, 1.165) is 25.8 Å². The number of pyridine rings is 1. The van der Waals surface area contributed by atoms with Crippen LogP contribution in [-0.2, 0) is 0 Å². The minimum absolute atomic E-state index is 0.0890. The first kappa shape index (κ1) is 13.0. The summed E-state index contributed by atoms with van der Waals surface area (Å²) in [6, 6.07) is 1.45. The topological polar surface area (TPSA) is 68.1 Å². The Morgan fingerprint density at radius 2 is 2.35 bits per heavy atom. The van der Waals surface area contributed by atoms with Crippen molar-refractivity contribution in [2.75, 3.05) is 11.9 Å². The zero-order chi connectivity index (χ0) is 12.7. The Balaban J connectivity index is 2.52. The first-order valence-corrected chi connectivity index (χ1v) is 5.43. The lowest BCUT2D eigenvalue weighted by Crippen LogP contribution is -2.04. The quantitative estimate of drug-likeness (QED) is 0.355. The molecule has 0 aliphatic rings. The van der Waals surface area contributed by atoms with Gasteiger partial charge in [0.25, 0.3) is 5.69 Å². The minimum Gasteiger partial charge on any atom is -0.370 e. The first-order valence-electron chi connectivity index (χ1n) is 5.43. The molecule has 0 spiro atoms. The van der Waals surface area contributed by atoms with Gasteiger partial charge in [-0.15, -0.1) is 12.3 Å². The van der Waals surface area contributed by atoms with Crippen LogP contribution in [0.15, 0.2) is 12.3 Å². The molecule has 0 aromatic carbocycles. The number of hydrogen-bond donors (Lipinski definition) is 1. The molecule has 1 rings (SSSR count). The monoisotopic (exact) mass is 233 g/mol. The van der Waals surface area contributed by atoms with E-state index < -0.39 is 4.92 Å². The van der Waals surface area contributed by atoms with Gasteiger partial charge in [-0.2, -0.15) is 0 Å². The lowest BCUT2D eigenvalue weighted by atomic mass is 10.2. The molecule has 0 aliphatic carbocycles. The number of unbranched alkanes of at least 4 members (excludes halogenated alkanes) is 2. The molecule has 0 bridgehead atoms. The molecule has 0 saturated carbocycles. The van der Waals surface area contributed by atoms with Gasteiger partial charge in [0.15, 0.2) is 0 Å². The van der Waals surface area contributed by atoms with E-state index in [9.17, 15) is 10.1 Å². The zero-order valence-electron chi connectivity index (χ0n) is 9.77. The van der Waals surface area contributed by atoms with Gasteiger partial charge in [0, 0.05) is 24.7 Å². The molecule has 1 N–H and O–H groups in total. The maximum absolute atomic E-state index is 10.7. The molecular formula is C12H15N3O2. The molecule has 1 heterocycles. The third-order valence-corrected chi connectivity index (χ3v) is 2.33. The molecule has 1 aromatic heterocycles. The van der Waals surface area contributed by atoms with Crippen LogP contribution in [0.4, 0.5) is 11.5 Å². The number of terminal acetylenes is 1. The van der Waals surface area contributed by atoms with Gasteiger partial charge in [-0.1, -0.05) is 0 Å². The van der Waals surface area contributed by atoms with Gasteiger partial charge < -0.3 is 5.32 Å². The summed E-state index contributed by atoms with van der Waals surface area (Å²) in [7, 11) is 0. The highest BCUT2D eigenvalue weighted by Crippen LogP contribution is 2.19. The third-order valence-electron chi connectivity index (χ3n) is 2.33. The van der Waals surface area contributed by atoms with E-state index >= 15 is 0 Å². The summed E-state index contributed by atoms with van der Waals surface area (Å²) in [5.41, 5.74) is 0.652. The Kier molecular flexibility index (Phi) is 4.95. The average Bonchev–Trinajstić information content (AvgIpc) is 2.30. The normalized spacial score (nSPS) is 9.65. The Morgan fingerprint density at radius 1 is 1.59 bits per heavy atom. The molecule has 90 valence electrons. The first-order chi connectivity index (χ1) is 8.15. The average molecular weight is 233 g/mol. The Morgan fingerprint density at radius 3 is 3.00 bits per heavy atom. The van der Waals surface area contributed by atoms with Crippen molar-refractivity contribution in [1.29, 1.82) is 0 Å². The number of nitrogens with one attached hydrogen (secondary N) is 1. The second kappa shape index (κ2) is 6.48. The summed E-state index contributed by atoms with van der Waals surface area (Å²) in [5.74, 6) is 3.10. The summed E-state index contributed by atoms with van der Waals surface area (Å²) in [5, 5.41) is 13.8. The molecule has 0 radical (unpaired) electrons. The van der Waals surface area contributed by atoms with Crippen LogP contribution >= 0.6 is 0 Å². The van der Waals surface area contributed by atoms with E-state index in [4.69, 9.17) is 6.42 Å². The number of aromatic nitrogens is 1. The van der Waals surface area contributed by atoms with E-state index in [2.05, 4.69) is 16.2 Å². The van der Waals surface area contributed by atoms with Crippen molar-refractivity contribution < 1.29 is 4.92 Å². The number of nitro groups is 1. The Bertz CT molecular complexity index is 438. The van der Waals surface area contributed by atoms with Gasteiger partial charge in [0.1, 0.15) is 5.82 Å². The molecule has 0 fully saturated rings. The molecule has 0 atom stereocenters. The van der Waals surface area contributed by atoms with Crippen molar-refractivity contribution >= 4 is 11.5 Å². The predicted octanol–water partition coefficient (Wildman–Crippen LogP) is 2.51. The molecule has 5 heteroatoms. The molecule has 0 unspecified atom stereocenters. The van der Waals surface area contributed by atoms with Crippen LogP contribution < -0.4 is 5.32 Å². The number of hydrogen-bond acceptors (Lipinski definition) is 4. The highest BCUT2D eigenvalue weighted by molar-refractivity contribution is 5.48. The SMILES string of the molecule is C#CCCCCNc1cc([N+](=O)[O-])c(C)cn1. The van der Waals surface area contributed by atoms with Gasteiger partial charge >= 0.3 is 0 Å². The van der Waals surface area contributed by atoms with Gasteiger partial charge in [-0.05, 0) is 19.8 Å². The zero-order valence-corrected chi connectivity index (χ0v) is 9.77. The number of aryl methyl sites for hydroxylation is 1. The van der Waals surface area contributed by atoms with Crippen LogP contribution in [0.5, 0.6) is 0 Å². The molecule has 0 saturated heterocycles. The van der Waals surface area contributed by atoms with Crippen LogP contribution in [-0.4, -0.2) is 16.5 Å². The van der Waals surface area contributed by atoms with Crippen molar-refractivity contribution in [2.45, 2.75) is 26.2 Å². The largest absolute Gasteiger partial charge is 0.370 e. The van der Waals surface area contributed by atoms with Crippen LogP contribution in [0.2, 0.25) is 0 Å². The van der Waals surface area contributed by atoms with Crippen molar-refractivity contribution in [3.05, 3.63) is 27.9 Å². The molecule has 5 nitrogen and oxygen atoms in total. The Hall–Kier alpha value is -2.09. The third kappa shape index (κ3) is 4.11. The molecule has 17 heavy (non-hydrogen) atoms. The fourth-order valence-electron chi connectivity index (χ4n) is 1.37. The summed E-state index contributed by atoms with van der Waals surface area (Å²) >= 11 is 0. The van der Waals surface area contributed by atoms with Gasteiger partial charge in [0.2, 0.25) is 0 Å². The number of nitrogens with zero attached hydrogens (tertiary/aromatic N) is 2. The van der Waals surface area contributed by atoms with E-state index in [1.807, 2.05) is 0 Å². The maximum atomic E-state index is 10.7. The fraction of sp³-hybridized carbons (Fsp3) is 0.417. The molecule has 1 aromatic rings. The summed E-state index contributed by atoms with van der Waals surface area (Å²) in [6.45, 7) is 2.39. The van der Waals surface area contributed by atoms with Gasteiger partial charge in [-0.25, -0.2) is 4.98 Å². The smallest absolute Gasteiger partial charge is 0.277 e. The summed E-state index contributed by atoms with van der Waals surface area (Å²) in [6.07, 6.45) is 9.26. The fourth-order valence-corrected chi connectivity index (χ4v) is 1.37. The van der Waals surface area contributed by atoms with Crippen molar-refractivity contribution in [1.82, 2.24) is 4.98 Å². The second-order valence-electron chi connectivity index (χ2n) is 3.70. The van der Waals surface area contributed by atoms with Crippen LogP contribution in [0.25, 0.3) is 0 Å².